The van der Waals surface area contributed by atoms with E-state index in [1.54, 1.807) is 7.05 Å². The van der Waals surface area contributed by atoms with E-state index in [4.69, 9.17) is 9.57 Å². The molecule has 1 amide bonds. The average Bonchev–Trinajstić information content (AvgIpc) is 2.54. The summed E-state index contributed by atoms with van der Waals surface area (Å²) in [6.07, 6.45) is 10.9. The average molecular weight is 296 g/mol. The maximum absolute atomic E-state index is 12.1. The fourth-order valence-electron chi connectivity index (χ4n) is 3.52. The van der Waals surface area contributed by atoms with Crippen LogP contribution in [0.3, 0.4) is 0 Å². The highest BCUT2D eigenvalue weighted by Gasteiger charge is 2.35. The zero-order valence-corrected chi connectivity index (χ0v) is 13.3. The van der Waals surface area contributed by atoms with Crippen molar-refractivity contribution in [3.8, 4) is 0 Å². The van der Waals surface area contributed by atoms with E-state index in [9.17, 15) is 4.79 Å². The zero-order chi connectivity index (χ0) is 15.1. The molecule has 0 spiro atoms. The molecule has 5 heteroatoms. The van der Waals surface area contributed by atoms with Crippen molar-refractivity contribution in [3.05, 3.63) is 0 Å². The van der Waals surface area contributed by atoms with Crippen LogP contribution in [0.2, 0.25) is 0 Å². The lowest BCUT2D eigenvalue weighted by Gasteiger charge is -2.35. The van der Waals surface area contributed by atoms with Gasteiger partial charge in [0, 0.05) is 13.0 Å². The highest BCUT2D eigenvalue weighted by Crippen LogP contribution is 2.32. The molecule has 2 atom stereocenters. The number of nitrogens with zero attached hydrogens (tertiary/aromatic N) is 1. The van der Waals surface area contributed by atoms with Crippen molar-refractivity contribution in [2.45, 2.75) is 70.0 Å². The summed E-state index contributed by atoms with van der Waals surface area (Å²) in [5.41, 5.74) is 0.487. The predicted octanol–water partition coefficient (Wildman–Crippen LogP) is 2.64. The van der Waals surface area contributed by atoms with Crippen LogP contribution in [-0.4, -0.2) is 38.0 Å². The fourth-order valence-corrected chi connectivity index (χ4v) is 3.52. The second-order valence-electron chi connectivity index (χ2n) is 6.06. The molecular weight excluding hydrogens is 268 g/mol. The third kappa shape index (κ3) is 4.43. The number of hydrogen-bond donors (Lipinski definition) is 1. The number of carbonyl (C=O) groups is 1. The van der Waals surface area contributed by atoms with Crippen LogP contribution >= 0.6 is 0 Å². The monoisotopic (exact) mass is 296 g/mol. The van der Waals surface area contributed by atoms with Gasteiger partial charge < -0.3 is 14.9 Å². The molecule has 2 saturated carbocycles. The molecular formula is C16H28N2O3. The number of ether oxygens (including phenoxy) is 1. The van der Waals surface area contributed by atoms with E-state index in [0.29, 0.717) is 11.8 Å². The molecule has 2 aliphatic carbocycles. The summed E-state index contributed by atoms with van der Waals surface area (Å²) >= 11 is 0. The van der Waals surface area contributed by atoms with Crippen molar-refractivity contribution in [2.75, 3.05) is 14.2 Å². The van der Waals surface area contributed by atoms with Gasteiger partial charge in [-0.1, -0.05) is 37.3 Å². The van der Waals surface area contributed by atoms with Gasteiger partial charge in [0.1, 0.15) is 12.8 Å². The summed E-state index contributed by atoms with van der Waals surface area (Å²) in [5.74, 6) is -0.0958. The third-order valence-electron chi connectivity index (χ3n) is 4.62. The first-order valence-corrected chi connectivity index (χ1v) is 8.24. The van der Waals surface area contributed by atoms with Crippen LogP contribution in [-0.2, 0) is 14.4 Å². The van der Waals surface area contributed by atoms with Crippen molar-refractivity contribution in [1.29, 1.82) is 0 Å². The lowest BCUT2D eigenvalue weighted by Crippen LogP contribution is -2.43. The molecule has 21 heavy (non-hydrogen) atoms. The molecule has 2 rings (SSSR count). The Morgan fingerprint density at radius 3 is 2.38 bits per heavy atom. The van der Waals surface area contributed by atoms with E-state index in [1.807, 2.05) is 0 Å². The first-order chi connectivity index (χ1) is 10.3. The molecule has 2 fully saturated rings. The Bertz CT molecular complexity index is 365. The van der Waals surface area contributed by atoms with Crippen molar-refractivity contribution < 1.29 is 14.4 Å². The second kappa shape index (κ2) is 8.37. The molecule has 5 nitrogen and oxygen atoms in total. The largest absolute Gasteiger partial charge is 0.399 e. The molecule has 0 aliphatic heterocycles. The van der Waals surface area contributed by atoms with E-state index >= 15 is 0 Å². The van der Waals surface area contributed by atoms with Crippen LogP contribution in [0.15, 0.2) is 5.16 Å². The van der Waals surface area contributed by atoms with Gasteiger partial charge in [-0.25, -0.2) is 0 Å². The van der Waals surface area contributed by atoms with E-state index in [2.05, 4.69) is 10.5 Å². The summed E-state index contributed by atoms with van der Waals surface area (Å²) in [6, 6.07) is 0. The predicted molar refractivity (Wildman–Crippen MR) is 82.2 cm³/mol. The molecule has 2 aliphatic rings. The highest BCUT2D eigenvalue weighted by atomic mass is 16.6. The lowest BCUT2D eigenvalue weighted by atomic mass is 9.82. The maximum atomic E-state index is 12.1. The Morgan fingerprint density at radius 2 is 1.71 bits per heavy atom. The minimum Gasteiger partial charge on any atom is -0.399 e. The molecule has 1 N–H and O–H groups in total. The van der Waals surface area contributed by atoms with Gasteiger partial charge in [0.15, 0.2) is 0 Å². The van der Waals surface area contributed by atoms with Gasteiger partial charge in [0.25, 0.3) is 5.91 Å². The number of nitrogens with one attached hydrogen (secondary N) is 1. The van der Waals surface area contributed by atoms with E-state index in [1.165, 1.54) is 32.8 Å². The molecule has 0 radical (unpaired) electrons. The number of carbonyl (C=O) groups excluding carboxylic acids is 1. The molecule has 0 saturated heterocycles. The topological polar surface area (TPSA) is 59.9 Å². The van der Waals surface area contributed by atoms with Crippen molar-refractivity contribution in [1.82, 2.24) is 5.32 Å². The van der Waals surface area contributed by atoms with Crippen LogP contribution in [0.25, 0.3) is 0 Å². The molecule has 0 aromatic heterocycles. The first-order valence-electron chi connectivity index (χ1n) is 8.24. The van der Waals surface area contributed by atoms with Gasteiger partial charge in [0.05, 0.1) is 12.2 Å². The van der Waals surface area contributed by atoms with Crippen LogP contribution in [0, 0.1) is 5.92 Å². The van der Waals surface area contributed by atoms with Crippen LogP contribution in [0.4, 0.5) is 0 Å². The Kier molecular flexibility index (Phi) is 6.49. The Morgan fingerprint density at radius 1 is 1.05 bits per heavy atom. The standard InChI is InChI=1S/C16H28N2O3/c1-17-16(19)15(18-20-2)13-10-6-7-11-14(13)21-12-8-4-3-5-9-12/h12-14H,3-11H2,1-2H3,(H,17,19)/b18-15+. The SMILES string of the molecule is CNC(=O)/C(=N/OC)C1CCCCC1OC1CCCCC1. The van der Waals surface area contributed by atoms with Crippen LogP contribution in [0.5, 0.6) is 0 Å². The van der Waals surface area contributed by atoms with Crippen LogP contribution in [0.1, 0.15) is 57.8 Å². The van der Waals surface area contributed by atoms with E-state index in [0.717, 1.165) is 32.1 Å². The second-order valence-corrected chi connectivity index (χ2v) is 6.06. The summed E-state index contributed by atoms with van der Waals surface area (Å²) in [7, 11) is 3.12. The van der Waals surface area contributed by atoms with Gasteiger partial charge in [0.2, 0.25) is 0 Å². The van der Waals surface area contributed by atoms with E-state index in [-0.39, 0.29) is 17.9 Å². The van der Waals surface area contributed by atoms with Crippen molar-refractivity contribution >= 4 is 11.6 Å². The van der Waals surface area contributed by atoms with Gasteiger partial charge in [-0.2, -0.15) is 0 Å². The maximum Gasteiger partial charge on any atom is 0.269 e. The smallest absolute Gasteiger partial charge is 0.269 e. The van der Waals surface area contributed by atoms with Gasteiger partial charge in [-0.15, -0.1) is 0 Å². The highest BCUT2D eigenvalue weighted by molar-refractivity contribution is 6.39. The zero-order valence-electron chi connectivity index (χ0n) is 13.3. The molecule has 0 aromatic rings. The molecule has 0 heterocycles. The van der Waals surface area contributed by atoms with Gasteiger partial charge >= 0.3 is 0 Å². The Balaban J connectivity index is 2.05. The van der Waals surface area contributed by atoms with Crippen molar-refractivity contribution in [2.24, 2.45) is 11.1 Å². The lowest BCUT2D eigenvalue weighted by molar-refractivity contribution is -0.115. The summed E-state index contributed by atoms with van der Waals surface area (Å²) in [6.45, 7) is 0. The molecule has 0 bridgehead atoms. The normalized spacial score (nSPS) is 28.2. The Labute approximate surface area is 127 Å². The van der Waals surface area contributed by atoms with E-state index < -0.39 is 0 Å². The quantitative estimate of drug-likeness (QED) is 0.627. The summed E-state index contributed by atoms with van der Waals surface area (Å²) in [4.78, 5) is 17.0. The number of hydrogen-bond acceptors (Lipinski definition) is 4. The number of rotatable bonds is 5. The molecule has 0 aromatic carbocycles. The summed E-state index contributed by atoms with van der Waals surface area (Å²) in [5, 5.41) is 6.65. The summed E-state index contributed by atoms with van der Waals surface area (Å²) < 4.78 is 6.35. The van der Waals surface area contributed by atoms with Crippen LogP contribution < -0.4 is 5.32 Å². The Hall–Kier alpha value is -1.10. The number of oxime groups is 1. The van der Waals surface area contributed by atoms with Crippen molar-refractivity contribution in [3.63, 3.8) is 0 Å². The minimum absolute atomic E-state index is 0.0561. The number of amides is 1. The molecule has 120 valence electrons. The minimum atomic E-state index is -0.152. The first kappa shape index (κ1) is 16.3. The fraction of sp³-hybridized carbons (Fsp3) is 0.875. The third-order valence-corrected chi connectivity index (χ3v) is 4.62. The molecule has 2 unspecified atom stereocenters. The van der Waals surface area contributed by atoms with Gasteiger partial charge in [-0.3, -0.25) is 4.79 Å². The van der Waals surface area contributed by atoms with Gasteiger partial charge in [-0.05, 0) is 25.7 Å².